The molecule has 0 spiro atoms. The first kappa shape index (κ1) is 17.6. The maximum absolute atomic E-state index is 5.97. The average molecular weight is 386 g/mol. The minimum Gasteiger partial charge on any atom is -0.469 e. The first-order valence-corrected chi connectivity index (χ1v) is 9.77. The number of benzene rings is 2. The highest BCUT2D eigenvalue weighted by Gasteiger charge is 2.23. The fourth-order valence-corrected chi connectivity index (χ4v) is 3.79. The van der Waals surface area contributed by atoms with Gasteiger partial charge in [0, 0.05) is 24.7 Å². The highest BCUT2D eigenvalue weighted by atomic mass is 16.5. The Hall–Kier alpha value is -3.54. The van der Waals surface area contributed by atoms with E-state index < -0.39 is 0 Å². The van der Waals surface area contributed by atoms with E-state index in [1.54, 1.807) is 18.6 Å². The normalized spacial score (nSPS) is 15.5. The standard InChI is InChI=1S/C23H22N4O2/c1-17-5-6-18(29-19-7-12-28-14-19)13-21(17)20-3-2-4-22(26-10-8-24-15-26)23(20)27-11-9-25-16-27/h2-7,12-16H,8-11H2,1H3. The van der Waals surface area contributed by atoms with Crippen molar-refractivity contribution in [3.05, 3.63) is 60.6 Å². The van der Waals surface area contributed by atoms with E-state index in [0.29, 0.717) is 5.75 Å². The SMILES string of the molecule is Cc1ccc(Oc2ccoc2)cc1-c1cccc(N2C=NCC2)c1N1C=NCC1. The molecule has 0 N–H and O–H groups in total. The summed E-state index contributed by atoms with van der Waals surface area (Å²) in [5, 5.41) is 0. The van der Waals surface area contributed by atoms with Crippen molar-refractivity contribution < 1.29 is 9.15 Å². The molecule has 146 valence electrons. The van der Waals surface area contributed by atoms with Crippen LogP contribution in [0.15, 0.2) is 69.4 Å². The van der Waals surface area contributed by atoms with Crippen LogP contribution in [0, 0.1) is 6.92 Å². The van der Waals surface area contributed by atoms with Crippen LogP contribution in [0.4, 0.5) is 11.4 Å². The zero-order valence-corrected chi connectivity index (χ0v) is 16.3. The van der Waals surface area contributed by atoms with E-state index in [-0.39, 0.29) is 0 Å². The minimum atomic E-state index is 0.689. The Morgan fingerprint density at radius 2 is 1.72 bits per heavy atom. The first-order chi connectivity index (χ1) is 14.3. The van der Waals surface area contributed by atoms with E-state index in [1.807, 2.05) is 18.7 Å². The smallest absolute Gasteiger partial charge is 0.165 e. The second-order valence-electron chi connectivity index (χ2n) is 7.14. The summed E-state index contributed by atoms with van der Waals surface area (Å²) < 4.78 is 11.1. The van der Waals surface area contributed by atoms with E-state index in [9.17, 15) is 0 Å². The van der Waals surface area contributed by atoms with Crippen molar-refractivity contribution in [1.29, 1.82) is 0 Å². The van der Waals surface area contributed by atoms with Crippen molar-refractivity contribution in [2.45, 2.75) is 6.92 Å². The molecule has 3 aromatic rings. The van der Waals surface area contributed by atoms with Crippen LogP contribution >= 0.6 is 0 Å². The van der Waals surface area contributed by atoms with Gasteiger partial charge in [-0.25, -0.2) is 0 Å². The topological polar surface area (TPSA) is 53.6 Å². The molecular weight excluding hydrogens is 364 g/mol. The van der Waals surface area contributed by atoms with Gasteiger partial charge in [-0.15, -0.1) is 0 Å². The second-order valence-corrected chi connectivity index (χ2v) is 7.14. The first-order valence-electron chi connectivity index (χ1n) is 9.77. The molecule has 0 radical (unpaired) electrons. The summed E-state index contributed by atoms with van der Waals surface area (Å²) in [6.07, 6.45) is 7.08. The molecule has 2 aromatic carbocycles. The summed E-state index contributed by atoms with van der Waals surface area (Å²) in [4.78, 5) is 13.3. The summed E-state index contributed by atoms with van der Waals surface area (Å²) in [6.45, 7) is 5.53. The monoisotopic (exact) mass is 386 g/mol. The summed E-state index contributed by atoms with van der Waals surface area (Å²) in [5.41, 5.74) is 5.79. The highest BCUT2D eigenvalue weighted by Crippen LogP contribution is 2.42. The van der Waals surface area contributed by atoms with Crippen molar-refractivity contribution >= 4 is 24.1 Å². The molecular formula is C23H22N4O2. The molecule has 2 aliphatic rings. The Balaban J connectivity index is 1.62. The summed E-state index contributed by atoms with van der Waals surface area (Å²) >= 11 is 0. The fraction of sp³-hybridized carbons (Fsp3) is 0.217. The van der Waals surface area contributed by atoms with Crippen LogP contribution < -0.4 is 14.5 Å². The lowest BCUT2D eigenvalue weighted by molar-refractivity contribution is 0.466. The van der Waals surface area contributed by atoms with Crippen molar-refractivity contribution in [3.63, 3.8) is 0 Å². The molecule has 0 bridgehead atoms. The predicted octanol–water partition coefficient (Wildman–Crippen LogP) is 4.74. The number of nitrogens with zero attached hydrogens (tertiary/aromatic N) is 4. The van der Waals surface area contributed by atoms with Gasteiger partial charge < -0.3 is 19.0 Å². The lowest BCUT2D eigenvalue weighted by Crippen LogP contribution is -2.25. The molecule has 0 unspecified atom stereocenters. The van der Waals surface area contributed by atoms with Crippen molar-refractivity contribution in [1.82, 2.24) is 0 Å². The minimum absolute atomic E-state index is 0.689. The Morgan fingerprint density at radius 1 is 0.897 bits per heavy atom. The third-order valence-electron chi connectivity index (χ3n) is 5.22. The summed E-state index contributed by atoms with van der Waals surface area (Å²) in [6, 6.07) is 14.4. The molecule has 3 heterocycles. The Morgan fingerprint density at radius 3 is 2.45 bits per heavy atom. The maximum Gasteiger partial charge on any atom is 0.165 e. The van der Waals surface area contributed by atoms with Gasteiger partial charge in [-0.2, -0.15) is 0 Å². The Bertz CT molecular complexity index is 1070. The number of aryl methyl sites for hydroxylation is 1. The third-order valence-corrected chi connectivity index (χ3v) is 5.22. The quantitative estimate of drug-likeness (QED) is 0.635. The van der Waals surface area contributed by atoms with Gasteiger partial charge in [-0.05, 0) is 36.2 Å². The van der Waals surface area contributed by atoms with Crippen LogP contribution in [0.2, 0.25) is 0 Å². The van der Waals surface area contributed by atoms with E-state index >= 15 is 0 Å². The molecule has 2 aliphatic heterocycles. The number of para-hydroxylation sites is 1. The van der Waals surface area contributed by atoms with Gasteiger partial charge in [0.25, 0.3) is 0 Å². The van der Waals surface area contributed by atoms with Crippen molar-refractivity contribution in [2.75, 3.05) is 36.0 Å². The molecule has 0 aliphatic carbocycles. The van der Waals surface area contributed by atoms with Gasteiger partial charge in [-0.3, -0.25) is 9.98 Å². The Kier molecular flexibility index (Phi) is 4.52. The zero-order chi connectivity index (χ0) is 19.6. The molecule has 0 fully saturated rings. The van der Waals surface area contributed by atoms with E-state index in [2.05, 4.69) is 57.0 Å². The molecule has 6 nitrogen and oxygen atoms in total. The predicted molar refractivity (Wildman–Crippen MR) is 117 cm³/mol. The highest BCUT2D eigenvalue weighted by molar-refractivity contribution is 6.01. The zero-order valence-electron chi connectivity index (χ0n) is 16.3. The van der Waals surface area contributed by atoms with Crippen LogP contribution in [-0.2, 0) is 0 Å². The fourth-order valence-electron chi connectivity index (χ4n) is 3.79. The van der Waals surface area contributed by atoms with Crippen molar-refractivity contribution in [3.8, 4) is 22.6 Å². The van der Waals surface area contributed by atoms with E-state index in [4.69, 9.17) is 9.15 Å². The van der Waals surface area contributed by atoms with Crippen LogP contribution in [0.1, 0.15) is 5.56 Å². The molecule has 6 heteroatoms. The van der Waals surface area contributed by atoms with Gasteiger partial charge >= 0.3 is 0 Å². The molecule has 1 aromatic heterocycles. The van der Waals surface area contributed by atoms with Gasteiger partial charge in [0.2, 0.25) is 0 Å². The third kappa shape index (κ3) is 3.38. The van der Waals surface area contributed by atoms with Crippen LogP contribution in [-0.4, -0.2) is 38.9 Å². The summed E-state index contributed by atoms with van der Waals surface area (Å²) in [7, 11) is 0. The lowest BCUT2D eigenvalue weighted by atomic mass is 9.97. The number of rotatable bonds is 5. The molecule has 0 atom stereocenters. The molecule has 29 heavy (non-hydrogen) atoms. The van der Waals surface area contributed by atoms with Gasteiger partial charge in [0.1, 0.15) is 12.0 Å². The molecule has 0 saturated carbocycles. The molecule has 0 amide bonds. The lowest BCUT2D eigenvalue weighted by Gasteiger charge is -2.27. The van der Waals surface area contributed by atoms with Crippen LogP contribution in [0.5, 0.6) is 11.5 Å². The van der Waals surface area contributed by atoms with Crippen LogP contribution in [0.25, 0.3) is 11.1 Å². The number of aliphatic imine (C=N–C) groups is 2. The van der Waals surface area contributed by atoms with Gasteiger partial charge in [0.05, 0.1) is 43.4 Å². The van der Waals surface area contributed by atoms with Crippen molar-refractivity contribution in [2.24, 2.45) is 9.98 Å². The largest absolute Gasteiger partial charge is 0.469 e. The maximum atomic E-state index is 5.97. The number of hydrogen-bond acceptors (Lipinski definition) is 6. The summed E-state index contributed by atoms with van der Waals surface area (Å²) in [5.74, 6) is 1.47. The Labute approximate surface area is 169 Å². The number of anilines is 2. The molecule has 5 rings (SSSR count). The number of ether oxygens (including phenoxy) is 1. The molecule has 0 saturated heterocycles. The number of hydrogen-bond donors (Lipinski definition) is 0. The van der Waals surface area contributed by atoms with E-state index in [1.165, 1.54) is 5.56 Å². The van der Waals surface area contributed by atoms with Crippen LogP contribution in [0.3, 0.4) is 0 Å². The van der Waals surface area contributed by atoms with E-state index in [0.717, 1.165) is 54.4 Å². The van der Waals surface area contributed by atoms with Gasteiger partial charge in [-0.1, -0.05) is 18.2 Å². The second kappa shape index (κ2) is 7.47. The number of furan rings is 1. The van der Waals surface area contributed by atoms with Gasteiger partial charge in [0.15, 0.2) is 5.75 Å². The average Bonchev–Trinajstić information content (AvgIpc) is 3.52.